The van der Waals surface area contributed by atoms with Crippen molar-refractivity contribution < 1.29 is 19.8 Å². The van der Waals surface area contributed by atoms with Gasteiger partial charge in [-0.25, -0.2) is 9.59 Å². The van der Waals surface area contributed by atoms with E-state index in [0.717, 1.165) is 19.5 Å². The van der Waals surface area contributed by atoms with E-state index >= 15 is 0 Å². The summed E-state index contributed by atoms with van der Waals surface area (Å²) in [6.07, 6.45) is 0.878. The average molecular weight is 279 g/mol. The first-order valence-corrected chi connectivity index (χ1v) is 6.41. The molecular formula is C13H17N3O4. The minimum Gasteiger partial charge on any atom is -0.507 e. The second-order valence-corrected chi connectivity index (χ2v) is 4.56. The van der Waals surface area contributed by atoms with Crippen LogP contribution in [0.25, 0.3) is 0 Å². The number of carbonyl (C=O) groups excluding carboxylic acids is 1. The smallest absolute Gasteiger partial charge is 0.339 e. The molecule has 0 aromatic heterocycles. The number of rotatable bonds is 2. The van der Waals surface area contributed by atoms with Crippen LogP contribution in [0.4, 0.5) is 10.5 Å². The molecule has 1 heterocycles. The largest absolute Gasteiger partial charge is 0.507 e. The number of nitrogens with zero attached hydrogens (tertiary/aromatic N) is 1. The highest BCUT2D eigenvalue weighted by atomic mass is 16.4. The van der Waals surface area contributed by atoms with Crippen molar-refractivity contribution in [3.8, 4) is 5.75 Å². The normalized spacial score (nSPS) is 15.5. The standard InChI is InChI=1S/C13H17N3O4/c17-11-3-2-9(8-10(11)12(18)19)15-13(20)16-6-1-4-14-5-7-16/h2-3,8,14,17H,1,4-7H2,(H,15,20)(H,18,19). The zero-order valence-electron chi connectivity index (χ0n) is 10.9. The van der Waals surface area contributed by atoms with E-state index in [1.807, 2.05) is 0 Å². The number of anilines is 1. The van der Waals surface area contributed by atoms with Crippen LogP contribution in [-0.4, -0.2) is 53.3 Å². The molecular weight excluding hydrogens is 262 g/mol. The van der Waals surface area contributed by atoms with Gasteiger partial charge in [-0.15, -0.1) is 0 Å². The van der Waals surface area contributed by atoms with Gasteiger partial charge in [-0.05, 0) is 31.2 Å². The van der Waals surface area contributed by atoms with Gasteiger partial charge in [0.25, 0.3) is 0 Å². The summed E-state index contributed by atoms with van der Waals surface area (Å²) in [6.45, 7) is 2.88. The summed E-state index contributed by atoms with van der Waals surface area (Å²) < 4.78 is 0. The van der Waals surface area contributed by atoms with Crippen molar-refractivity contribution >= 4 is 17.7 Å². The molecule has 0 aliphatic carbocycles. The summed E-state index contributed by atoms with van der Waals surface area (Å²) >= 11 is 0. The van der Waals surface area contributed by atoms with Crippen molar-refractivity contribution in [1.82, 2.24) is 10.2 Å². The number of aromatic carboxylic acids is 1. The van der Waals surface area contributed by atoms with Crippen molar-refractivity contribution in [3.63, 3.8) is 0 Å². The summed E-state index contributed by atoms with van der Waals surface area (Å²) in [4.78, 5) is 24.7. The van der Waals surface area contributed by atoms with Crippen molar-refractivity contribution in [2.24, 2.45) is 0 Å². The molecule has 7 nitrogen and oxygen atoms in total. The molecule has 0 radical (unpaired) electrons. The van der Waals surface area contributed by atoms with E-state index in [1.165, 1.54) is 18.2 Å². The fourth-order valence-electron chi connectivity index (χ4n) is 2.04. The second-order valence-electron chi connectivity index (χ2n) is 4.56. The summed E-state index contributed by atoms with van der Waals surface area (Å²) in [5.74, 6) is -1.56. The Kier molecular flexibility index (Phi) is 4.41. The first-order valence-electron chi connectivity index (χ1n) is 6.41. The summed E-state index contributed by atoms with van der Waals surface area (Å²) in [5.41, 5.74) is 0.114. The highest BCUT2D eigenvalue weighted by Gasteiger charge is 2.16. The van der Waals surface area contributed by atoms with Crippen LogP contribution in [0.2, 0.25) is 0 Å². The number of amides is 2. The lowest BCUT2D eigenvalue weighted by Crippen LogP contribution is -2.37. The minimum absolute atomic E-state index is 0.236. The Morgan fingerprint density at radius 3 is 2.80 bits per heavy atom. The maximum atomic E-state index is 12.1. The van der Waals surface area contributed by atoms with Gasteiger partial charge in [-0.2, -0.15) is 0 Å². The van der Waals surface area contributed by atoms with Gasteiger partial charge >= 0.3 is 12.0 Å². The average Bonchev–Trinajstić information content (AvgIpc) is 2.69. The Hall–Kier alpha value is -2.28. The number of hydrogen-bond donors (Lipinski definition) is 4. The van der Waals surface area contributed by atoms with Gasteiger partial charge in [0, 0.05) is 25.3 Å². The van der Waals surface area contributed by atoms with Crippen LogP contribution in [-0.2, 0) is 0 Å². The second kappa shape index (κ2) is 6.25. The van der Waals surface area contributed by atoms with Crippen molar-refractivity contribution in [1.29, 1.82) is 0 Å². The number of aromatic hydroxyl groups is 1. The molecule has 0 atom stereocenters. The van der Waals surface area contributed by atoms with Crippen LogP contribution >= 0.6 is 0 Å². The number of benzene rings is 1. The molecule has 0 unspecified atom stereocenters. The van der Waals surface area contributed by atoms with Gasteiger partial charge < -0.3 is 25.7 Å². The number of carboxylic acid groups (broad SMARTS) is 1. The van der Waals surface area contributed by atoms with E-state index in [9.17, 15) is 14.7 Å². The van der Waals surface area contributed by atoms with Crippen molar-refractivity contribution in [3.05, 3.63) is 23.8 Å². The maximum absolute atomic E-state index is 12.1. The van der Waals surface area contributed by atoms with Crippen LogP contribution < -0.4 is 10.6 Å². The summed E-state index contributed by atoms with van der Waals surface area (Å²) in [7, 11) is 0. The highest BCUT2D eigenvalue weighted by Crippen LogP contribution is 2.21. The fraction of sp³-hybridized carbons (Fsp3) is 0.385. The molecule has 108 valence electrons. The highest BCUT2D eigenvalue weighted by molar-refractivity contribution is 5.95. The Morgan fingerprint density at radius 2 is 2.05 bits per heavy atom. The monoisotopic (exact) mass is 279 g/mol. The Balaban J connectivity index is 2.07. The number of carboxylic acids is 1. The lowest BCUT2D eigenvalue weighted by atomic mass is 10.2. The van der Waals surface area contributed by atoms with Crippen LogP contribution in [0, 0.1) is 0 Å². The molecule has 4 N–H and O–H groups in total. The molecule has 1 aliphatic heterocycles. The van der Waals surface area contributed by atoms with Crippen LogP contribution in [0.5, 0.6) is 5.75 Å². The molecule has 1 aliphatic rings. The molecule has 7 heteroatoms. The van der Waals surface area contributed by atoms with E-state index < -0.39 is 5.97 Å². The SMILES string of the molecule is O=C(O)c1cc(NC(=O)N2CCCNCC2)ccc1O. The Labute approximate surface area is 116 Å². The zero-order valence-corrected chi connectivity index (χ0v) is 10.9. The number of nitrogens with one attached hydrogen (secondary N) is 2. The van der Waals surface area contributed by atoms with E-state index in [1.54, 1.807) is 4.90 Å². The van der Waals surface area contributed by atoms with Gasteiger partial charge in [0.2, 0.25) is 0 Å². The molecule has 1 aromatic rings. The van der Waals surface area contributed by atoms with E-state index in [0.29, 0.717) is 18.8 Å². The summed E-state index contributed by atoms with van der Waals surface area (Å²) in [6, 6.07) is 3.69. The lowest BCUT2D eigenvalue weighted by molar-refractivity contribution is 0.0693. The number of urea groups is 1. The number of phenols is 1. The third-order valence-corrected chi connectivity index (χ3v) is 3.11. The van der Waals surface area contributed by atoms with E-state index in [2.05, 4.69) is 10.6 Å². The Morgan fingerprint density at radius 1 is 1.25 bits per heavy atom. The lowest BCUT2D eigenvalue weighted by Gasteiger charge is -2.20. The molecule has 1 aromatic carbocycles. The molecule has 2 rings (SSSR count). The predicted molar refractivity (Wildman–Crippen MR) is 73.1 cm³/mol. The third-order valence-electron chi connectivity index (χ3n) is 3.11. The molecule has 1 fully saturated rings. The molecule has 0 bridgehead atoms. The van der Waals surface area contributed by atoms with Gasteiger partial charge in [0.15, 0.2) is 0 Å². The number of hydrogen-bond acceptors (Lipinski definition) is 4. The van der Waals surface area contributed by atoms with Crippen molar-refractivity contribution in [2.45, 2.75) is 6.42 Å². The quantitative estimate of drug-likeness (QED) is 0.603. The van der Waals surface area contributed by atoms with Crippen LogP contribution in [0.3, 0.4) is 0 Å². The molecule has 0 spiro atoms. The molecule has 20 heavy (non-hydrogen) atoms. The summed E-state index contributed by atoms with van der Waals surface area (Å²) in [5, 5.41) is 24.2. The fourth-order valence-corrected chi connectivity index (χ4v) is 2.04. The van der Waals surface area contributed by atoms with Gasteiger partial charge in [-0.1, -0.05) is 0 Å². The number of carbonyl (C=O) groups is 2. The molecule has 1 saturated heterocycles. The van der Waals surface area contributed by atoms with Crippen LogP contribution in [0.15, 0.2) is 18.2 Å². The first-order chi connectivity index (χ1) is 9.58. The maximum Gasteiger partial charge on any atom is 0.339 e. The van der Waals surface area contributed by atoms with Crippen LogP contribution in [0.1, 0.15) is 16.8 Å². The van der Waals surface area contributed by atoms with E-state index in [-0.39, 0.29) is 17.3 Å². The molecule has 0 saturated carbocycles. The molecule has 2 amide bonds. The van der Waals surface area contributed by atoms with Crippen molar-refractivity contribution in [2.75, 3.05) is 31.5 Å². The van der Waals surface area contributed by atoms with E-state index in [4.69, 9.17) is 5.11 Å². The van der Waals surface area contributed by atoms with Gasteiger partial charge in [-0.3, -0.25) is 0 Å². The first kappa shape index (κ1) is 14.1. The van der Waals surface area contributed by atoms with Gasteiger partial charge in [0.05, 0.1) is 0 Å². The third kappa shape index (κ3) is 3.39. The topological polar surface area (TPSA) is 102 Å². The zero-order chi connectivity index (χ0) is 14.5. The Bertz CT molecular complexity index is 510. The minimum atomic E-state index is -1.24. The van der Waals surface area contributed by atoms with Gasteiger partial charge in [0.1, 0.15) is 11.3 Å². The predicted octanol–water partition coefficient (Wildman–Crippen LogP) is 0.918.